The molecule has 1 aromatic rings. The lowest BCUT2D eigenvalue weighted by Crippen LogP contribution is -2.36. The molecule has 3 nitrogen and oxygen atoms in total. The molecule has 1 aromatic carbocycles. The molecule has 2 N–H and O–H groups in total. The van der Waals surface area contributed by atoms with Gasteiger partial charge in [0.25, 0.3) is 0 Å². The molecule has 0 amide bonds. The van der Waals surface area contributed by atoms with Crippen molar-refractivity contribution in [3.8, 4) is 5.75 Å². The van der Waals surface area contributed by atoms with Crippen LogP contribution >= 0.6 is 0 Å². The van der Waals surface area contributed by atoms with Crippen molar-refractivity contribution in [3.63, 3.8) is 0 Å². The van der Waals surface area contributed by atoms with Gasteiger partial charge in [-0.1, -0.05) is 6.07 Å². The second kappa shape index (κ2) is 4.74. The molecule has 0 aliphatic carbocycles. The normalized spacial score (nSPS) is 18.6. The predicted octanol–water partition coefficient (Wildman–Crippen LogP) is 2.21. The summed E-state index contributed by atoms with van der Waals surface area (Å²) in [5.74, 6) is 0.373. The number of nitrogens with one attached hydrogen (secondary N) is 1. The molecular formula is C13H20N2O. The minimum absolute atomic E-state index is 0.373. The SMILES string of the molecule is Cc1ccc(NC2CCN(C)CC2)cc1O. The van der Waals surface area contributed by atoms with Crippen molar-refractivity contribution >= 4 is 5.69 Å². The number of anilines is 1. The van der Waals surface area contributed by atoms with Crippen LogP contribution in [0.1, 0.15) is 18.4 Å². The molecule has 1 heterocycles. The van der Waals surface area contributed by atoms with Gasteiger partial charge < -0.3 is 15.3 Å². The van der Waals surface area contributed by atoms with E-state index in [-0.39, 0.29) is 0 Å². The molecule has 0 atom stereocenters. The number of rotatable bonds is 2. The van der Waals surface area contributed by atoms with Crippen molar-refractivity contribution in [3.05, 3.63) is 23.8 Å². The molecule has 0 radical (unpaired) electrons. The van der Waals surface area contributed by atoms with Crippen LogP contribution in [0.2, 0.25) is 0 Å². The van der Waals surface area contributed by atoms with E-state index in [1.807, 2.05) is 25.1 Å². The van der Waals surface area contributed by atoms with Gasteiger partial charge >= 0.3 is 0 Å². The van der Waals surface area contributed by atoms with Crippen molar-refractivity contribution in [2.45, 2.75) is 25.8 Å². The van der Waals surface area contributed by atoms with Crippen LogP contribution in [0.15, 0.2) is 18.2 Å². The van der Waals surface area contributed by atoms with E-state index < -0.39 is 0 Å². The fourth-order valence-corrected chi connectivity index (χ4v) is 2.09. The smallest absolute Gasteiger partial charge is 0.120 e. The number of phenols is 1. The highest BCUT2D eigenvalue weighted by atomic mass is 16.3. The Bertz CT molecular complexity index is 357. The van der Waals surface area contributed by atoms with Crippen LogP contribution in [-0.2, 0) is 0 Å². The Morgan fingerprint density at radius 2 is 2.00 bits per heavy atom. The van der Waals surface area contributed by atoms with Gasteiger partial charge in [0, 0.05) is 17.8 Å². The zero-order chi connectivity index (χ0) is 11.5. The van der Waals surface area contributed by atoms with E-state index in [2.05, 4.69) is 17.3 Å². The largest absolute Gasteiger partial charge is 0.508 e. The van der Waals surface area contributed by atoms with Crippen LogP contribution in [0.3, 0.4) is 0 Å². The summed E-state index contributed by atoms with van der Waals surface area (Å²) in [5.41, 5.74) is 1.95. The molecule has 2 rings (SSSR count). The Morgan fingerprint density at radius 1 is 1.31 bits per heavy atom. The Labute approximate surface area is 97.1 Å². The topological polar surface area (TPSA) is 35.5 Å². The van der Waals surface area contributed by atoms with Gasteiger partial charge in [0.1, 0.15) is 5.75 Å². The van der Waals surface area contributed by atoms with Gasteiger partial charge in [-0.05, 0) is 51.5 Å². The number of nitrogens with zero attached hydrogens (tertiary/aromatic N) is 1. The number of piperidine rings is 1. The molecular weight excluding hydrogens is 200 g/mol. The van der Waals surface area contributed by atoms with E-state index in [4.69, 9.17) is 0 Å². The number of benzene rings is 1. The maximum Gasteiger partial charge on any atom is 0.120 e. The quantitative estimate of drug-likeness (QED) is 0.802. The Hall–Kier alpha value is -1.22. The third-order valence-corrected chi connectivity index (χ3v) is 3.30. The van der Waals surface area contributed by atoms with Gasteiger partial charge in [-0.2, -0.15) is 0 Å². The minimum Gasteiger partial charge on any atom is -0.508 e. The second-order valence-electron chi connectivity index (χ2n) is 4.72. The number of aryl methyl sites for hydroxylation is 1. The molecule has 1 fully saturated rings. The van der Waals surface area contributed by atoms with Gasteiger partial charge in [-0.25, -0.2) is 0 Å². The first-order valence-corrected chi connectivity index (χ1v) is 5.90. The fraction of sp³-hybridized carbons (Fsp3) is 0.538. The first-order chi connectivity index (χ1) is 7.65. The molecule has 0 aromatic heterocycles. The van der Waals surface area contributed by atoms with Crippen LogP contribution in [0.5, 0.6) is 5.75 Å². The van der Waals surface area contributed by atoms with Crippen LogP contribution in [0, 0.1) is 6.92 Å². The molecule has 1 saturated heterocycles. The van der Waals surface area contributed by atoms with Gasteiger partial charge in [-0.15, -0.1) is 0 Å². The summed E-state index contributed by atoms with van der Waals surface area (Å²) in [6.07, 6.45) is 2.34. The highest BCUT2D eigenvalue weighted by molar-refractivity contribution is 5.51. The first kappa shape index (κ1) is 11.3. The van der Waals surface area contributed by atoms with Crippen LogP contribution in [0.4, 0.5) is 5.69 Å². The summed E-state index contributed by atoms with van der Waals surface area (Å²) in [4.78, 5) is 2.35. The van der Waals surface area contributed by atoms with E-state index in [1.54, 1.807) is 0 Å². The molecule has 0 saturated carbocycles. The highest BCUT2D eigenvalue weighted by Crippen LogP contribution is 2.23. The predicted molar refractivity (Wildman–Crippen MR) is 67.0 cm³/mol. The van der Waals surface area contributed by atoms with Crippen LogP contribution in [-0.4, -0.2) is 36.2 Å². The fourth-order valence-electron chi connectivity index (χ4n) is 2.09. The highest BCUT2D eigenvalue weighted by Gasteiger charge is 2.16. The Balaban J connectivity index is 1.96. The van der Waals surface area contributed by atoms with Gasteiger partial charge in [0.05, 0.1) is 0 Å². The van der Waals surface area contributed by atoms with Gasteiger partial charge in [0.15, 0.2) is 0 Å². The lowest BCUT2D eigenvalue weighted by Gasteiger charge is -2.30. The van der Waals surface area contributed by atoms with Crippen molar-refractivity contribution in [1.82, 2.24) is 4.90 Å². The molecule has 0 spiro atoms. The molecule has 16 heavy (non-hydrogen) atoms. The third kappa shape index (κ3) is 2.67. The molecule has 88 valence electrons. The monoisotopic (exact) mass is 220 g/mol. The Morgan fingerprint density at radius 3 is 2.62 bits per heavy atom. The van der Waals surface area contributed by atoms with Crippen LogP contribution < -0.4 is 5.32 Å². The zero-order valence-electron chi connectivity index (χ0n) is 10.0. The molecule has 0 bridgehead atoms. The summed E-state index contributed by atoms with van der Waals surface area (Å²) in [6, 6.07) is 6.34. The summed E-state index contributed by atoms with van der Waals surface area (Å²) in [6.45, 7) is 4.21. The Kier molecular flexibility index (Phi) is 3.34. The van der Waals surface area contributed by atoms with E-state index in [0.717, 1.165) is 24.3 Å². The average molecular weight is 220 g/mol. The first-order valence-electron chi connectivity index (χ1n) is 5.90. The standard InChI is InChI=1S/C13H20N2O/c1-10-3-4-12(9-13(10)16)14-11-5-7-15(2)8-6-11/h3-4,9,11,14,16H,5-8H2,1-2H3. The number of hydrogen-bond donors (Lipinski definition) is 2. The number of likely N-dealkylation sites (tertiary alicyclic amines) is 1. The van der Waals surface area contributed by atoms with Crippen molar-refractivity contribution in [2.24, 2.45) is 0 Å². The second-order valence-corrected chi connectivity index (χ2v) is 4.72. The molecule has 1 aliphatic rings. The minimum atomic E-state index is 0.373. The van der Waals surface area contributed by atoms with Crippen molar-refractivity contribution in [2.75, 3.05) is 25.5 Å². The molecule has 1 aliphatic heterocycles. The molecule has 0 unspecified atom stereocenters. The van der Waals surface area contributed by atoms with Crippen molar-refractivity contribution < 1.29 is 5.11 Å². The third-order valence-electron chi connectivity index (χ3n) is 3.30. The lowest BCUT2D eigenvalue weighted by molar-refractivity contribution is 0.264. The van der Waals surface area contributed by atoms with E-state index in [0.29, 0.717) is 11.8 Å². The maximum atomic E-state index is 9.62. The van der Waals surface area contributed by atoms with Gasteiger partial charge in [-0.3, -0.25) is 0 Å². The maximum absolute atomic E-state index is 9.62. The summed E-state index contributed by atoms with van der Waals surface area (Å²) >= 11 is 0. The summed E-state index contributed by atoms with van der Waals surface area (Å²) in [7, 11) is 2.16. The van der Waals surface area contributed by atoms with E-state index in [1.165, 1.54) is 12.8 Å². The van der Waals surface area contributed by atoms with E-state index >= 15 is 0 Å². The van der Waals surface area contributed by atoms with E-state index in [9.17, 15) is 5.11 Å². The van der Waals surface area contributed by atoms with Crippen molar-refractivity contribution in [1.29, 1.82) is 0 Å². The average Bonchev–Trinajstić information content (AvgIpc) is 2.27. The number of hydrogen-bond acceptors (Lipinski definition) is 3. The lowest BCUT2D eigenvalue weighted by atomic mass is 10.0. The summed E-state index contributed by atoms with van der Waals surface area (Å²) < 4.78 is 0. The number of aromatic hydroxyl groups is 1. The van der Waals surface area contributed by atoms with Crippen LogP contribution in [0.25, 0.3) is 0 Å². The van der Waals surface area contributed by atoms with Gasteiger partial charge in [0.2, 0.25) is 0 Å². The summed E-state index contributed by atoms with van der Waals surface area (Å²) in [5, 5.41) is 13.1. The molecule has 3 heteroatoms. The zero-order valence-corrected chi connectivity index (χ0v) is 10.0. The number of phenolic OH excluding ortho intramolecular Hbond substituents is 1.